The number of nitrogens with zero attached hydrogens (tertiary/aromatic N) is 3. The first-order chi connectivity index (χ1) is 8.86. The SMILES string of the molecule is CNCc1csc(N2CCCN3CCCC3C2)n1. The molecular formula is C13H22N4S. The molecule has 4 nitrogen and oxygen atoms in total. The van der Waals surface area contributed by atoms with Crippen molar-refractivity contribution in [2.24, 2.45) is 0 Å². The van der Waals surface area contributed by atoms with Gasteiger partial charge >= 0.3 is 0 Å². The van der Waals surface area contributed by atoms with Crippen LogP contribution in [0.15, 0.2) is 5.38 Å². The topological polar surface area (TPSA) is 31.4 Å². The van der Waals surface area contributed by atoms with Crippen molar-refractivity contribution in [3.63, 3.8) is 0 Å². The van der Waals surface area contributed by atoms with E-state index in [1.807, 2.05) is 7.05 Å². The van der Waals surface area contributed by atoms with Gasteiger partial charge in [-0.1, -0.05) is 0 Å². The molecule has 3 rings (SSSR count). The smallest absolute Gasteiger partial charge is 0.185 e. The Kier molecular flexibility index (Phi) is 3.82. The number of fused-ring (bicyclic) bond motifs is 1. The van der Waals surface area contributed by atoms with E-state index >= 15 is 0 Å². The molecular weight excluding hydrogens is 244 g/mol. The molecule has 3 heterocycles. The van der Waals surface area contributed by atoms with Crippen molar-refractivity contribution in [2.75, 3.05) is 38.1 Å². The van der Waals surface area contributed by atoms with E-state index in [1.165, 1.54) is 56.3 Å². The van der Waals surface area contributed by atoms with Crippen molar-refractivity contribution >= 4 is 16.5 Å². The third kappa shape index (κ3) is 2.53. The molecule has 1 atom stereocenters. The third-order valence-corrected chi connectivity index (χ3v) is 4.92. The second kappa shape index (κ2) is 5.55. The maximum Gasteiger partial charge on any atom is 0.185 e. The quantitative estimate of drug-likeness (QED) is 0.899. The Morgan fingerprint density at radius 1 is 1.39 bits per heavy atom. The number of hydrogen-bond donors (Lipinski definition) is 1. The molecule has 0 radical (unpaired) electrons. The lowest BCUT2D eigenvalue weighted by Gasteiger charge is -2.25. The minimum absolute atomic E-state index is 0.768. The Morgan fingerprint density at radius 2 is 2.28 bits per heavy atom. The van der Waals surface area contributed by atoms with Crippen LogP contribution in [0.3, 0.4) is 0 Å². The fourth-order valence-electron chi connectivity index (χ4n) is 3.08. The van der Waals surface area contributed by atoms with E-state index in [0.717, 1.165) is 12.6 Å². The Bertz CT molecular complexity index is 392. The van der Waals surface area contributed by atoms with E-state index in [0.29, 0.717) is 0 Å². The van der Waals surface area contributed by atoms with Gasteiger partial charge in [0.1, 0.15) is 0 Å². The first-order valence-electron chi connectivity index (χ1n) is 6.95. The Labute approximate surface area is 113 Å². The first kappa shape index (κ1) is 12.4. The normalized spacial score (nSPS) is 25.2. The first-order valence-corrected chi connectivity index (χ1v) is 7.83. The second-order valence-corrected chi connectivity index (χ2v) is 6.12. The fraction of sp³-hybridized carbons (Fsp3) is 0.769. The minimum Gasteiger partial charge on any atom is -0.346 e. The molecule has 1 aromatic rings. The largest absolute Gasteiger partial charge is 0.346 e. The highest BCUT2D eigenvalue weighted by Crippen LogP contribution is 2.27. The summed E-state index contributed by atoms with van der Waals surface area (Å²) in [5, 5.41) is 6.57. The summed E-state index contributed by atoms with van der Waals surface area (Å²) < 4.78 is 0. The van der Waals surface area contributed by atoms with Gasteiger partial charge in [-0.15, -0.1) is 11.3 Å². The highest BCUT2D eigenvalue weighted by atomic mass is 32.1. The van der Waals surface area contributed by atoms with Crippen LogP contribution in [0.4, 0.5) is 5.13 Å². The minimum atomic E-state index is 0.768. The predicted octanol–water partition coefficient (Wildman–Crippen LogP) is 1.54. The monoisotopic (exact) mass is 266 g/mol. The summed E-state index contributed by atoms with van der Waals surface area (Å²) in [6.45, 7) is 5.79. The Balaban J connectivity index is 1.70. The van der Waals surface area contributed by atoms with Crippen LogP contribution >= 0.6 is 11.3 Å². The molecule has 0 aromatic carbocycles. The van der Waals surface area contributed by atoms with Crippen molar-refractivity contribution in [1.82, 2.24) is 15.2 Å². The van der Waals surface area contributed by atoms with Crippen molar-refractivity contribution in [1.29, 1.82) is 0 Å². The van der Waals surface area contributed by atoms with Gasteiger partial charge in [-0.2, -0.15) is 0 Å². The van der Waals surface area contributed by atoms with Gasteiger partial charge in [0.25, 0.3) is 0 Å². The van der Waals surface area contributed by atoms with Crippen LogP contribution in [0.5, 0.6) is 0 Å². The molecule has 2 saturated heterocycles. The molecule has 1 aromatic heterocycles. The Hall–Kier alpha value is -0.650. The zero-order valence-corrected chi connectivity index (χ0v) is 11.9. The summed E-state index contributed by atoms with van der Waals surface area (Å²) in [7, 11) is 1.97. The van der Waals surface area contributed by atoms with Gasteiger partial charge in [0, 0.05) is 37.6 Å². The van der Waals surface area contributed by atoms with E-state index < -0.39 is 0 Å². The van der Waals surface area contributed by atoms with Gasteiger partial charge in [-0.3, -0.25) is 4.90 Å². The molecule has 2 aliphatic heterocycles. The summed E-state index contributed by atoms with van der Waals surface area (Å²) in [4.78, 5) is 9.91. The number of hydrogen-bond acceptors (Lipinski definition) is 5. The van der Waals surface area contributed by atoms with E-state index in [1.54, 1.807) is 11.3 Å². The molecule has 0 aliphatic carbocycles. The van der Waals surface area contributed by atoms with Gasteiger partial charge < -0.3 is 10.2 Å². The molecule has 0 saturated carbocycles. The van der Waals surface area contributed by atoms with Crippen LogP contribution in [-0.2, 0) is 6.54 Å². The number of nitrogens with one attached hydrogen (secondary N) is 1. The Morgan fingerprint density at radius 3 is 3.17 bits per heavy atom. The van der Waals surface area contributed by atoms with Crippen LogP contribution in [-0.4, -0.2) is 49.2 Å². The molecule has 0 bridgehead atoms. The number of rotatable bonds is 3. The molecule has 2 aliphatic rings. The second-order valence-electron chi connectivity index (χ2n) is 5.28. The molecule has 18 heavy (non-hydrogen) atoms. The number of aromatic nitrogens is 1. The lowest BCUT2D eigenvalue weighted by molar-refractivity contribution is 0.273. The van der Waals surface area contributed by atoms with Gasteiger partial charge in [0.15, 0.2) is 5.13 Å². The average molecular weight is 266 g/mol. The zero-order valence-electron chi connectivity index (χ0n) is 11.1. The third-order valence-electron chi connectivity index (χ3n) is 3.97. The van der Waals surface area contributed by atoms with E-state index in [2.05, 4.69) is 20.5 Å². The van der Waals surface area contributed by atoms with Crippen LogP contribution in [0.25, 0.3) is 0 Å². The van der Waals surface area contributed by atoms with Gasteiger partial charge in [-0.25, -0.2) is 4.98 Å². The fourth-order valence-corrected chi connectivity index (χ4v) is 3.95. The summed E-state index contributed by atoms with van der Waals surface area (Å²) in [5.41, 5.74) is 1.17. The van der Waals surface area contributed by atoms with Crippen molar-refractivity contribution in [2.45, 2.75) is 31.8 Å². The molecule has 2 fully saturated rings. The molecule has 1 N–H and O–H groups in total. The van der Waals surface area contributed by atoms with Crippen molar-refractivity contribution in [3.05, 3.63) is 11.1 Å². The zero-order chi connectivity index (χ0) is 12.4. The highest BCUT2D eigenvalue weighted by Gasteiger charge is 2.29. The van der Waals surface area contributed by atoms with E-state index in [-0.39, 0.29) is 0 Å². The average Bonchev–Trinajstić information content (AvgIpc) is 2.95. The highest BCUT2D eigenvalue weighted by molar-refractivity contribution is 7.13. The van der Waals surface area contributed by atoms with Gasteiger partial charge in [-0.05, 0) is 32.9 Å². The van der Waals surface area contributed by atoms with Crippen molar-refractivity contribution < 1.29 is 0 Å². The lowest BCUT2D eigenvalue weighted by atomic mass is 10.2. The van der Waals surface area contributed by atoms with Gasteiger partial charge in [0.05, 0.1) is 5.69 Å². The van der Waals surface area contributed by atoms with E-state index in [4.69, 9.17) is 4.98 Å². The lowest BCUT2D eigenvalue weighted by Crippen LogP contribution is -2.36. The summed E-state index contributed by atoms with van der Waals surface area (Å²) in [6.07, 6.45) is 4.02. The summed E-state index contributed by atoms with van der Waals surface area (Å²) in [5.74, 6) is 0. The predicted molar refractivity (Wildman–Crippen MR) is 76.3 cm³/mol. The van der Waals surface area contributed by atoms with E-state index in [9.17, 15) is 0 Å². The summed E-state index contributed by atoms with van der Waals surface area (Å²) in [6, 6.07) is 0.768. The standard InChI is InChI=1S/C13H22N4S/c1-14-8-11-10-18-13(15-11)17-7-3-6-16-5-2-4-12(16)9-17/h10,12,14H,2-9H2,1H3. The van der Waals surface area contributed by atoms with Crippen LogP contribution in [0.2, 0.25) is 0 Å². The molecule has 5 heteroatoms. The number of thiazole rings is 1. The van der Waals surface area contributed by atoms with Crippen LogP contribution in [0, 0.1) is 0 Å². The maximum absolute atomic E-state index is 4.74. The molecule has 0 amide bonds. The molecule has 1 unspecified atom stereocenters. The maximum atomic E-state index is 4.74. The van der Waals surface area contributed by atoms with Gasteiger partial charge in [0.2, 0.25) is 0 Å². The van der Waals surface area contributed by atoms with Crippen LogP contribution in [0.1, 0.15) is 25.0 Å². The van der Waals surface area contributed by atoms with Crippen molar-refractivity contribution in [3.8, 4) is 0 Å². The summed E-state index contributed by atoms with van der Waals surface area (Å²) >= 11 is 1.80. The number of anilines is 1. The van der Waals surface area contributed by atoms with Crippen LogP contribution < -0.4 is 10.2 Å². The molecule has 100 valence electrons. The molecule has 0 spiro atoms.